The first-order valence-electron chi connectivity index (χ1n) is 10.6. The normalized spacial score (nSPS) is 21.7. The SMILES string of the molecule is CCC=C[C@H]1CCc2c(ccc3c2CC[C@H](c2ccc(OC(F)(F)F)cc2)C3)C1. The second-order valence-corrected chi connectivity index (χ2v) is 8.24. The van der Waals surface area contributed by atoms with Crippen LogP contribution < -0.4 is 4.74 Å². The van der Waals surface area contributed by atoms with E-state index in [2.05, 4.69) is 35.9 Å². The van der Waals surface area contributed by atoms with Crippen LogP contribution in [-0.4, -0.2) is 6.36 Å². The zero-order valence-electron chi connectivity index (χ0n) is 16.8. The van der Waals surface area contributed by atoms with Crippen molar-refractivity contribution in [1.29, 1.82) is 0 Å². The van der Waals surface area contributed by atoms with Crippen molar-refractivity contribution in [2.24, 2.45) is 5.92 Å². The van der Waals surface area contributed by atoms with E-state index in [1.165, 1.54) is 35.2 Å². The predicted molar refractivity (Wildman–Crippen MR) is 109 cm³/mol. The van der Waals surface area contributed by atoms with Crippen molar-refractivity contribution in [3.8, 4) is 5.75 Å². The molecule has 0 heterocycles. The molecule has 0 spiro atoms. The lowest BCUT2D eigenvalue weighted by atomic mass is 9.74. The molecule has 0 aromatic heterocycles. The maximum atomic E-state index is 12.4. The second kappa shape index (κ2) is 8.25. The summed E-state index contributed by atoms with van der Waals surface area (Å²) in [5.74, 6) is 0.858. The summed E-state index contributed by atoms with van der Waals surface area (Å²) in [5, 5.41) is 0. The van der Waals surface area contributed by atoms with Gasteiger partial charge in [-0.3, -0.25) is 0 Å². The highest BCUT2D eigenvalue weighted by Gasteiger charge is 2.31. The van der Waals surface area contributed by atoms with Crippen LogP contribution in [0.1, 0.15) is 59.9 Å². The molecule has 0 aliphatic heterocycles. The summed E-state index contributed by atoms with van der Waals surface area (Å²) < 4.78 is 41.1. The molecule has 2 aromatic rings. The highest BCUT2D eigenvalue weighted by Crippen LogP contribution is 2.39. The standard InChI is InChI=1S/C25H27F3O/c1-2-3-4-17-5-13-23-20(15-17)6-7-21-16-19(10-14-24(21)23)18-8-11-22(12-9-18)29-25(26,27)28/h3-4,6-9,11-12,17,19H,2,5,10,13-16H2,1H3/t17-,19-/m0/s1. The van der Waals surface area contributed by atoms with Gasteiger partial charge in [-0.05, 0) is 96.7 Å². The smallest absolute Gasteiger partial charge is 0.406 e. The van der Waals surface area contributed by atoms with Gasteiger partial charge in [-0.2, -0.15) is 0 Å². The quantitative estimate of drug-likeness (QED) is 0.506. The number of hydrogen-bond acceptors (Lipinski definition) is 1. The Balaban J connectivity index is 1.48. The Labute approximate surface area is 170 Å². The molecule has 0 saturated heterocycles. The Morgan fingerprint density at radius 1 is 0.931 bits per heavy atom. The molecule has 2 atom stereocenters. The van der Waals surface area contributed by atoms with E-state index in [4.69, 9.17) is 0 Å². The third kappa shape index (κ3) is 4.68. The van der Waals surface area contributed by atoms with Gasteiger partial charge in [0.25, 0.3) is 0 Å². The van der Waals surface area contributed by atoms with Gasteiger partial charge in [0, 0.05) is 0 Å². The van der Waals surface area contributed by atoms with Crippen LogP contribution in [0.15, 0.2) is 48.6 Å². The third-order valence-corrected chi connectivity index (χ3v) is 6.31. The van der Waals surface area contributed by atoms with E-state index in [9.17, 15) is 13.2 Å². The number of ether oxygens (including phenoxy) is 1. The van der Waals surface area contributed by atoms with Crippen LogP contribution >= 0.6 is 0 Å². The number of halogens is 3. The van der Waals surface area contributed by atoms with Crippen molar-refractivity contribution in [3.05, 3.63) is 76.4 Å². The lowest BCUT2D eigenvalue weighted by Crippen LogP contribution is -2.20. The lowest BCUT2D eigenvalue weighted by Gasteiger charge is -2.31. The molecule has 0 saturated carbocycles. The summed E-state index contributed by atoms with van der Waals surface area (Å²) in [6.45, 7) is 2.18. The van der Waals surface area contributed by atoms with E-state index in [1.807, 2.05) is 0 Å². The van der Waals surface area contributed by atoms with Crippen LogP contribution in [0.3, 0.4) is 0 Å². The highest BCUT2D eigenvalue weighted by molar-refractivity contribution is 5.46. The molecule has 4 heteroatoms. The topological polar surface area (TPSA) is 9.23 Å². The van der Waals surface area contributed by atoms with Crippen LogP contribution in [0.25, 0.3) is 0 Å². The Kier molecular flexibility index (Phi) is 5.71. The van der Waals surface area contributed by atoms with Crippen molar-refractivity contribution in [1.82, 2.24) is 0 Å². The number of hydrogen-bond donors (Lipinski definition) is 0. The van der Waals surface area contributed by atoms with E-state index in [1.54, 1.807) is 17.7 Å². The molecule has 29 heavy (non-hydrogen) atoms. The minimum absolute atomic E-state index is 0.154. The van der Waals surface area contributed by atoms with Crippen molar-refractivity contribution in [2.45, 2.75) is 64.1 Å². The molecule has 0 N–H and O–H groups in total. The molecule has 0 radical (unpaired) electrons. The number of benzene rings is 2. The van der Waals surface area contributed by atoms with Gasteiger partial charge in [0.1, 0.15) is 5.75 Å². The van der Waals surface area contributed by atoms with Gasteiger partial charge in [0.2, 0.25) is 0 Å². The van der Waals surface area contributed by atoms with E-state index in [0.717, 1.165) is 44.1 Å². The van der Waals surface area contributed by atoms with E-state index >= 15 is 0 Å². The zero-order valence-corrected chi connectivity index (χ0v) is 16.8. The molecule has 0 fully saturated rings. The first-order valence-corrected chi connectivity index (χ1v) is 10.6. The fourth-order valence-electron chi connectivity index (χ4n) is 4.91. The Bertz CT molecular complexity index is 880. The zero-order chi connectivity index (χ0) is 20.4. The predicted octanol–water partition coefficient (Wildman–Crippen LogP) is 6.93. The average molecular weight is 400 g/mol. The van der Waals surface area contributed by atoms with Crippen LogP contribution in [0.5, 0.6) is 5.75 Å². The van der Waals surface area contributed by atoms with Crippen molar-refractivity contribution in [2.75, 3.05) is 0 Å². The van der Waals surface area contributed by atoms with Gasteiger partial charge < -0.3 is 4.74 Å². The van der Waals surface area contributed by atoms with E-state index < -0.39 is 6.36 Å². The van der Waals surface area contributed by atoms with Crippen LogP contribution in [0.2, 0.25) is 0 Å². The molecule has 2 aromatic carbocycles. The largest absolute Gasteiger partial charge is 0.573 e. The van der Waals surface area contributed by atoms with Gasteiger partial charge in [0.15, 0.2) is 0 Å². The lowest BCUT2D eigenvalue weighted by molar-refractivity contribution is -0.274. The summed E-state index contributed by atoms with van der Waals surface area (Å²) in [4.78, 5) is 0. The van der Waals surface area contributed by atoms with Gasteiger partial charge >= 0.3 is 6.36 Å². The molecule has 2 aliphatic rings. The van der Waals surface area contributed by atoms with Gasteiger partial charge in [-0.25, -0.2) is 0 Å². The van der Waals surface area contributed by atoms with E-state index in [-0.39, 0.29) is 5.75 Å². The Morgan fingerprint density at radius 2 is 1.59 bits per heavy atom. The molecule has 1 nitrogen and oxygen atoms in total. The molecule has 2 aliphatic carbocycles. The molecule has 0 bridgehead atoms. The van der Waals surface area contributed by atoms with Crippen LogP contribution in [-0.2, 0) is 25.7 Å². The summed E-state index contributed by atoms with van der Waals surface area (Å²) in [7, 11) is 0. The minimum atomic E-state index is -4.64. The number of alkyl halides is 3. The molecule has 0 amide bonds. The third-order valence-electron chi connectivity index (χ3n) is 6.31. The summed E-state index contributed by atoms with van der Waals surface area (Å²) in [6.07, 6.45) is 7.70. The minimum Gasteiger partial charge on any atom is -0.406 e. The maximum absolute atomic E-state index is 12.4. The van der Waals surface area contributed by atoms with Crippen molar-refractivity contribution in [3.63, 3.8) is 0 Å². The fourth-order valence-corrected chi connectivity index (χ4v) is 4.91. The molecular formula is C25H27F3O. The molecule has 154 valence electrons. The fraction of sp³-hybridized carbons (Fsp3) is 0.440. The average Bonchev–Trinajstić information content (AvgIpc) is 2.71. The van der Waals surface area contributed by atoms with Gasteiger partial charge in [0.05, 0.1) is 0 Å². The number of allylic oxidation sites excluding steroid dienone is 2. The van der Waals surface area contributed by atoms with Crippen molar-refractivity contribution >= 4 is 0 Å². The maximum Gasteiger partial charge on any atom is 0.573 e. The van der Waals surface area contributed by atoms with Gasteiger partial charge in [-0.15, -0.1) is 13.2 Å². The number of rotatable bonds is 4. The monoisotopic (exact) mass is 400 g/mol. The Hall–Kier alpha value is -2.23. The van der Waals surface area contributed by atoms with Crippen molar-refractivity contribution < 1.29 is 17.9 Å². The summed E-state index contributed by atoms with van der Waals surface area (Å²) >= 11 is 0. The molecule has 0 unspecified atom stereocenters. The number of fused-ring (bicyclic) bond motifs is 3. The summed E-state index contributed by atoms with van der Waals surface area (Å²) in [6, 6.07) is 11.0. The first kappa shape index (κ1) is 20.1. The highest BCUT2D eigenvalue weighted by atomic mass is 19.4. The first-order chi connectivity index (χ1) is 13.9. The van der Waals surface area contributed by atoms with E-state index in [0.29, 0.717) is 11.8 Å². The summed E-state index contributed by atoms with van der Waals surface area (Å²) in [5.41, 5.74) is 7.11. The van der Waals surface area contributed by atoms with Gasteiger partial charge in [-0.1, -0.05) is 43.3 Å². The second-order valence-electron chi connectivity index (χ2n) is 8.24. The van der Waals surface area contributed by atoms with Crippen LogP contribution in [0, 0.1) is 5.92 Å². The van der Waals surface area contributed by atoms with Crippen LogP contribution in [0.4, 0.5) is 13.2 Å². The molecule has 4 rings (SSSR count). The molecular weight excluding hydrogens is 373 g/mol. The Morgan fingerprint density at radius 3 is 2.24 bits per heavy atom.